The third kappa shape index (κ3) is 3.50. The van der Waals surface area contributed by atoms with Crippen LogP contribution in [-0.2, 0) is 12.8 Å². The Hall–Kier alpha value is -1.49. The van der Waals surface area contributed by atoms with Crippen molar-refractivity contribution >= 4 is 11.6 Å². The van der Waals surface area contributed by atoms with Gasteiger partial charge >= 0.3 is 0 Å². The van der Waals surface area contributed by atoms with E-state index in [4.69, 9.17) is 17.4 Å². The molecular formula is C13H15ClN4. The minimum atomic E-state index is 0.132. The highest BCUT2D eigenvalue weighted by Gasteiger charge is 2.11. The normalized spacial score (nSPS) is 12.3. The van der Waals surface area contributed by atoms with E-state index in [9.17, 15) is 0 Å². The van der Waals surface area contributed by atoms with Gasteiger partial charge in [0.25, 0.3) is 0 Å². The summed E-state index contributed by atoms with van der Waals surface area (Å²) in [5.41, 5.74) is 5.06. The average Bonchev–Trinajstić information content (AvgIpc) is 2.41. The lowest BCUT2D eigenvalue weighted by Crippen LogP contribution is -2.38. The van der Waals surface area contributed by atoms with Gasteiger partial charge in [-0.25, -0.2) is 0 Å². The molecule has 0 radical (unpaired) electrons. The minimum Gasteiger partial charge on any atom is -0.271 e. The zero-order chi connectivity index (χ0) is 12.8. The van der Waals surface area contributed by atoms with Crippen molar-refractivity contribution < 1.29 is 0 Å². The van der Waals surface area contributed by atoms with Crippen LogP contribution in [0.1, 0.15) is 11.1 Å². The molecule has 2 aromatic heterocycles. The van der Waals surface area contributed by atoms with Crippen molar-refractivity contribution in [2.45, 2.75) is 18.9 Å². The van der Waals surface area contributed by atoms with Crippen LogP contribution in [0.5, 0.6) is 0 Å². The highest BCUT2D eigenvalue weighted by atomic mass is 35.5. The lowest BCUT2D eigenvalue weighted by molar-refractivity contribution is 0.522. The highest BCUT2D eigenvalue weighted by Crippen LogP contribution is 2.16. The molecule has 4 nitrogen and oxygen atoms in total. The quantitative estimate of drug-likeness (QED) is 0.637. The fraction of sp³-hybridized carbons (Fsp3) is 0.231. The first-order valence-electron chi connectivity index (χ1n) is 5.73. The maximum absolute atomic E-state index is 6.09. The summed E-state index contributed by atoms with van der Waals surface area (Å²) in [6.07, 6.45) is 8.54. The van der Waals surface area contributed by atoms with Crippen LogP contribution in [0, 0.1) is 0 Å². The number of nitrogens with zero attached hydrogens (tertiary/aromatic N) is 2. The SMILES string of the molecule is NNC(Cc1ccncc1)Cc1ccncc1Cl. The Kier molecular flexibility index (Phi) is 4.64. The van der Waals surface area contributed by atoms with Crippen LogP contribution in [0.2, 0.25) is 5.02 Å². The molecule has 0 spiro atoms. The molecule has 0 aliphatic rings. The van der Waals surface area contributed by atoms with Crippen molar-refractivity contribution in [1.29, 1.82) is 0 Å². The molecule has 5 heteroatoms. The van der Waals surface area contributed by atoms with Crippen molar-refractivity contribution in [3.8, 4) is 0 Å². The summed E-state index contributed by atoms with van der Waals surface area (Å²) in [6.45, 7) is 0. The van der Waals surface area contributed by atoms with Gasteiger partial charge in [0.05, 0.1) is 5.02 Å². The first-order chi connectivity index (χ1) is 8.79. The first-order valence-corrected chi connectivity index (χ1v) is 6.11. The van der Waals surface area contributed by atoms with E-state index in [0.29, 0.717) is 5.02 Å². The summed E-state index contributed by atoms with van der Waals surface area (Å²) >= 11 is 6.09. The fourth-order valence-electron chi connectivity index (χ4n) is 1.83. The molecule has 2 heterocycles. The number of halogens is 1. The van der Waals surface area contributed by atoms with E-state index in [-0.39, 0.29) is 6.04 Å². The number of hydrazine groups is 1. The van der Waals surface area contributed by atoms with Gasteiger partial charge in [-0.2, -0.15) is 0 Å². The van der Waals surface area contributed by atoms with Crippen molar-refractivity contribution in [2.75, 3.05) is 0 Å². The van der Waals surface area contributed by atoms with Gasteiger partial charge in [-0.15, -0.1) is 0 Å². The summed E-state index contributed by atoms with van der Waals surface area (Å²) in [7, 11) is 0. The third-order valence-corrected chi connectivity index (χ3v) is 3.13. The number of hydrogen-bond acceptors (Lipinski definition) is 4. The van der Waals surface area contributed by atoms with Gasteiger partial charge < -0.3 is 0 Å². The molecule has 0 saturated heterocycles. The van der Waals surface area contributed by atoms with Crippen molar-refractivity contribution in [3.05, 3.63) is 59.1 Å². The maximum atomic E-state index is 6.09. The predicted molar refractivity (Wildman–Crippen MR) is 72.0 cm³/mol. The van der Waals surface area contributed by atoms with Crippen LogP contribution < -0.4 is 11.3 Å². The van der Waals surface area contributed by atoms with Crippen molar-refractivity contribution in [3.63, 3.8) is 0 Å². The van der Waals surface area contributed by atoms with Gasteiger partial charge in [0, 0.05) is 30.8 Å². The Morgan fingerprint density at radius 3 is 2.50 bits per heavy atom. The topological polar surface area (TPSA) is 63.8 Å². The minimum absolute atomic E-state index is 0.132. The fourth-order valence-corrected chi connectivity index (χ4v) is 2.02. The van der Waals surface area contributed by atoms with Gasteiger partial charge in [0.1, 0.15) is 0 Å². The first kappa shape index (κ1) is 13.0. The molecule has 18 heavy (non-hydrogen) atoms. The molecule has 0 aliphatic carbocycles. The van der Waals surface area contributed by atoms with Crippen LogP contribution in [0.4, 0.5) is 0 Å². The lowest BCUT2D eigenvalue weighted by atomic mass is 10.0. The molecule has 3 N–H and O–H groups in total. The third-order valence-electron chi connectivity index (χ3n) is 2.79. The number of nitrogens with two attached hydrogens (primary N) is 1. The number of hydrogen-bond donors (Lipinski definition) is 2. The summed E-state index contributed by atoms with van der Waals surface area (Å²) < 4.78 is 0. The van der Waals surface area contributed by atoms with Gasteiger partial charge in [0.2, 0.25) is 0 Å². The van der Waals surface area contributed by atoms with Gasteiger partial charge in [-0.1, -0.05) is 11.6 Å². The predicted octanol–water partition coefficient (Wildman–Crippen LogP) is 1.75. The molecule has 0 aliphatic heterocycles. The molecule has 1 unspecified atom stereocenters. The molecule has 0 saturated carbocycles. The van der Waals surface area contributed by atoms with Crippen LogP contribution in [-0.4, -0.2) is 16.0 Å². The Morgan fingerprint density at radius 2 is 1.83 bits per heavy atom. The molecular weight excluding hydrogens is 248 g/mol. The van der Waals surface area contributed by atoms with Crippen molar-refractivity contribution in [2.24, 2.45) is 5.84 Å². The Balaban J connectivity index is 2.04. The molecule has 2 aromatic rings. The monoisotopic (exact) mass is 262 g/mol. The van der Waals surface area contributed by atoms with Crippen LogP contribution in [0.3, 0.4) is 0 Å². The standard InChI is InChI=1S/C13H15ClN4/c14-13-9-17-6-3-11(13)8-12(18-15)7-10-1-4-16-5-2-10/h1-6,9,12,18H,7-8,15H2. The van der Waals surface area contributed by atoms with Crippen LogP contribution >= 0.6 is 11.6 Å². The summed E-state index contributed by atoms with van der Waals surface area (Å²) in [6, 6.07) is 6.02. The van der Waals surface area contributed by atoms with Gasteiger partial charge in [-0.3, -0.25) is 21.2 Å². The Bertz CT molecular complexity index is 489. The zero-order valence-electron chi connectivity index (χ0n) is 9.88. The summed E-state index contributed by atoms with van der Waals surface area (Å²) in [5, 5.41) is 0.674. The average molecular weight is 263 g/mol. The second kappa shape index (κ2) is 6.44. The molecule has 2 rings (SSSR count). The van der Waals surface area contributed by atoms with E-state index in [0.717, 1.165) is 18.4 Å². The smallest absolute Gasteiger partial charge is 0.0621 e. The van der Waals surface area contributed by atoms with E-state index >= 15 is 0 Å². The number of aromatic nitrogens is 2. The maximum Gasteiger partial charge on any atom is 0.0621 e. The van der Waals surface area contributed by atoms with E-state index in [1.165, 1.54) is 5.56 Å². The largest absolute Gasteiger partial charge is 0.271 e. The Morgan fingerprint density at radius 1 is 1.11 bits per heavy atom. The number of pyridine rings is 2. The van der Waals surface area contributed by atoms with Gasteiger partial charge in [0.15, 0.2) is 0 Å². The van der Waals surface area contributed by atoms with E-state index < -0.39 is 0 Å². The van der Waals surface area contributed by atoms with Crippen LogP contribution in [0.15, 0.2) is 43.0 Å². The molecule has 0 aromatic carbocycles. The number of rotatable bonds is 5. The lowest BCUT2D eigenvalue weighted by Gasteiger charge is -2.16. The molecule has 94 valence electrons. The second-order valence-corrected chi connectivity index (χ2v) is 4.50. The molecule has 0 fully saturated rings. The summed E-state index contributed by atoms with van der Waals surface area (Å²) in [5.74, 6) is 5.59. The van der Waals surface area contributed by atoms with Gasteiger partial charge in [-0.05, 0) is 42.2 Å². The second-order valence-electron chi connectivity index (χ2n) is 4.09. The van der Waals surface area contributed by atoms with E-state index in [1.807, 2.05) is 18.2 Å². The van der Waals surface area contributed by atoms with Crippen molar-refractivity contribution in [1.82, 2.24) is 15.4 Å². The summed E-state index contributed by atoms with van der Waals surface area (Å²) in [4.78, 5) is 7.97. The highest BCUT2D eigenvalue weighted by molar-refractivity contribution is 6.31. The molecule has 0 bridgehead atoms. The van der Waals surface area contributed by atoms with E-state index in [1.54, 1.807) is 24.8 Å². The molecule has 1 atom stereocenters. The number of nitrogens with one attached hydrogen (secondary N) is 1. The Labute approximate surface area is 111 Å². The van der Waals surface area contributed by atoms with E-state index in [2.05, 4.69) is 15.4 Å². The zero-order valence-corrected chi connectivity index (χ0v) is 10.6. The molecule has 0 amide bonds. The van der Waals surface area contributed by atoms with Crippen LogP contribution in [0.25, 0.3) is 0 Å².